The van der Waals surface area contributed by atoms with Crippen LogP contribution in [0, 0.1) is 0 Å². The SMILES string of the molecule is Nc1ccc(NCCO)c2ncn(N)c12. The van der Waals surface area contributed by atoms with Gasteiger partial charge in [0.2, 0.25) is 0 Å². The second kappa shape index (κ2) is 3.66. The zero-order valence-electron chi connectivity index (χ0n) is 8.14. The maximum absolute atomic E-state index is 8.72. The van der Waals surface area contributed by atoms with Crippen molar-refractivity contribution in [2.45, 2.75) is 0 Å². The number of rotatable bonds is 3. The standard InChI is InChI=1S/C9H13N5O/c10-6-1-2-7(12-3-4-15)8-9(6)14(11)5-13-8/h1-2,5,12,15H,3-4,10-11H2. The van der Waals surface area contributed by atoms with Gasteiger partial charge in [-0.2, -0.15) is 0 Å². The van der Waals surface area contributed by atoms with Gasteiger partial charge in [0.1, 0.15) is 17.4 Å². The summed E-state index contributed by atoms with van der Waals surface area (Å²) < 4.78 is 1.38. The van der Waals surface area contributed by atoms with Crippen molar-refractivity contribution in [2.75, 3.05) is 30.0 Å². The summed E-state index contributed by atoms with van der Waals surface area (Å²) in [6.07, 6.45) is 1.51. The molecule has 0 saturated heterocycles. The first-order valence-electron chi connectivity index (χ1n) is 4.59. The van der Waals surface area contributed by atoms with E-state index in [0.29, 0.717) is 23.3 Å². The summed E-state index contributed by atoms with van der Waals surface area (Å²) >= 11 is 0. The molecule has 0 aliphatic carbocycles. The maximum Gasteiger partial charge on any atom is 0.116 e. The Hall–Kier alpha value is -1.95. The molecule has 0 spiro atoms. The van der Waals surface area contributed by atoms with E-state index in [9.17, 15) is 0 Å². The number of benzene rings is 1. The molecule has 1 aromatic heterocycles. The number of hydrogen-bond donors (Lipinski definition) is 4. The number of aromatic nitrogens is 2. The van der Waals surface area contributed by atoms with Crippen LogP contribution in [-0.2, 0) is 0 Å². The first-order chi connectivity index (χ1) is 7.24. The van der Waals surface area contributed by atoms with Crippen LogP contribution in [0.1, 0.15) is 0 Å². The molecule has 2 rings (SSSR count). The van der Waals surface area contributed by atoms with Gasteiger partial charge in [0.25, 0.3) is 0 Å². The average molecular weight is 207 g/mol. The zero-order chi connectivity index (χ0) is 10.8. The number of nitrogens with zero attached hydrogens (tertiary/aromatic N) is 2. The second-order valence-electron chi connectivity index (χ2n) is 3.20. The van der Waals surface area contributed by atoms with Gasteiger partial charge in [-0.15, -0.1) is 0 Å². The molecule has 2 aromatic rings. The van der Waals surface area contributed by atoms with Crippen molar-refractivity contribution in [1.82, 2.24) is 9.66 Å². The number of imidazole rings is 1. The third-order valence-electron chi connectivity index (χ3n) is 2.18. The number of nitrogen functional groups attached to an aromatic ring is 2. The van der Waals surface area contributed by atoms with Gasteiger partial charge in [-0.25, -0.2) is 9.66 Å². The van der Waals surface area contributed by atoms with E-state index in [2.05, 4.69) is 10.3 Å². The quantitative estimate of drug-likeness (QED) is 0.410. The van der Waals surface area contributed by atoms with Crippen molar-refractivity contribution in [1.29, 1.82) is 0 Å². The Morgan fingerprint density at radius 3 is 3.00 bits per heavy atom. The molecule has 0 fully saturated rings. The minimum Gasteiger partial charge on any atom is -0.397 e. The first kappa shape index (κ1) is 9.60. The minimum atomic E-state index is 0.0647. The van der Waals surface area contributed by atoms with E-state index in [-0.39, 0.29) is 6.61 Å². The summed E-state index contributed by atoms with van der Waals surface area (Å²) in [4.78, 5) is 4.15. The Bertz CT molecular complexity index is 479. The molecule has 0 unspecified atom stereocenters. The van der Waals surface area contributed by atoms with Gasteiger partial charge in [-0.3, -0.25) is 0 Å². The fourth-order valence-electron chi connectivity index (χ4n) is 1.51. The normalized spacial score (nSPS) is 10.7. The molecule has 0 aliphatic heterocycles. The van der Waals surface area contributed by atoms with Crippen molar-refractivity contribution in [2.24, 2.45) is 0 Å². The van der Waals surface area contributed by atoms with Crippen molar-refractivity contribution < 1.29 is 5.11 Å². The highest BCUT2D eigenvalue weighted by Crippen LogP contribution is 2.25. The first-order valence-corrected chi connectivity index (χ1v) is 4.59. The zero-order valence-corrected chi connectivity index (χ0v) is 8.14. The van der Waals surface area contributed by atoms with Crippen molar-refractivity contribution in [3.8, 4) is 0 Å². The third-order valence-corrected chi connectivity index (χ3v) is 2.18. The number of aliphatic hydroxyl groups excluding tert-OH is 1. The van der Waals surface area contributed by atoms with Gasteiger partial charge >= 0.3 is 0 Å². The molecule has 0 aliphatic rings. The summed E-state index contributed by atoms with van der Waals surface area (Å²) in [7, 11) is 0. The molecule has 6 heteroatoms. The van der Waals surface area contributed by atoms with Crippen LogP contribution in [-0.4, -0.2) is 27.9 Å². The number of nitrogens with two attached hydrogens (primary N) is 2. The molecule has 6 nitrogen and oxygen atoms in total. The predicted octanol–water partition coefficient (Wildman–Crippen LogP) is -0.264. The highest BCUT2D eigenvalue weighted by molar-refractivity contribution is 5.96. The number of nitrogens with one attached hydrogen (secondary N) is 1. The van der Waals surface area contributed by atoms with Crippen LogP contribution in [0.25, 0.3) is 11.0 Å². The van der Waals surface area contributed by atoms with Gasteiger partial charge in [0.15, 0.2) is 0 Å². The Labute approximate surface area is 86.5 Å². The van der Waals surface area contributed by atoms with E-state index >= 15 is 0 Å². The molecular formula is C9H13N5O. The molecule has 1 heterocycles. The maximum atomic E-state index is 8.72. The van der Waals surface area contributed by atoms with Crippen LogP contribution in [0.4, 0.5) is 11.4 Å². The van der Waals surface area contributed by atoms with Gasteiger partial charge in [-0.1, -0.05) is 0 Å². The molecule has 1 aromatic carbocycles. The lowest BCUT2D eigenvalue weighted by Gasteiger charge is -2.06. The van der Waals surface area contributed by atoms with Crippen molar-refractivity contribution >= 4 is 22.4 Å². The molecule has 0 bridgehead atoms. The van der Waals surface area contributed by atoms with E-state index in [0.717, 1.165) is 5.69 Å². The minimum absolute atomic E-state index is 0.0647. The van der Waals surface area contributed by atoms with E-state index in [1.807, 2.05) is 6.07 Å². The summed E-state index contributed by atoms with van der Waals surface area (Å²) in [5.74, 6) is 5.67. The molecule has 0 saturated carbocycles. The highest BCUT2D eigenvalue weighted by Gasteiger charge is 2.08. The van der Waals surface area contributed by atoms with Crippen molar-refractivity contribution in [3.63, 3.8) is 0 Å². The van der Waals surface area contributed by atoms with Crippen molar-refractivity contribution in [3.05, 3.63) is 18.5 Å². The second-order valence-corrected chi connectivity index (χ2v) is 3.20. The van der Waals surface area contributed by atoms with Crippen LogP contribution >= 0.6 is 0 Å². The topological polar surface area (TPSA) is 102 Å². The third kappa shape index (κ3) is 1.55. The van der Waals surface area contributed by atoms with Gasteiger partial charge in [0.05, 0.1) is 18.0 Å². The average Bonchev–Trinajstić information content (AvgIpc) is 2.61. The lowest BCUT2D eigenvalue weighted by atomic mass is 10.2. The van der Waals surface area contributed by atoms with Crippen LogP contribution in [0.5, 0.6) is 0 Å². The summed E-state index contributed by atoms with van der Waals surface area (Å²) in [5, 5.41) is 11.8. The summed E-state index contributed by atoms with van der Waals surface area (Å²) in [5.41, 5.74) is 8.59. The number of fused-ring (bicyclic) bond motifs is 1. The summed E-state index contributed by atoms with van der Waals surface area (Å²) in [6.45, 7) is 0.533. The monoisotopic (exact) mass is 207 g/mol. The van der Waals surface area contributed by atoms with Crippen LogP contribution < -0.4 is 16.9 Å². The molecule has 6 N–H and O–H groups in total. The van der Waals surface area contributed by atoms with Crippen LogP contribution in [0.2, 0.25) is 0 Å². The molecule has 0 amide bonds. The molecule has 80 valence electrons. The predicted molar refractivity (Wildman–Crippen MR) is 59.9 cm³/mol. The fraction of sp³-hybridized carbons (Fsp3) is 0.222. The Kier molecular flexibility index (Phi) is 2.34. The number of aliphatic hydroxyl groups is 1. The Balaban J connectivity index is 2.52. The lowest BCUT2D eigenvalue weighted by Crippen LogP contribution is -2.09. The molecule has 0 atom stereocenters. The largest absolute Gasteiger partial charge is 0.397 e. The van der Waals surface area contributed by atoms with Gasteiger partial charge < -0.3 is 22.0 Å². The number of anilines is 2. The smallest absolute Gasteiger partial charge is 0.116 e. The van der Waals surface area contributed by atoms with Gasteiger partial charge in [0, 0.05) is 6.54 Å². The molecule has 0 radical (unpaired) electrons. The van der Waals surface area contributed by atoms with Crippen LogP contribution in [0.3, 0.4) is 0 Å². The van der Waals surface area contributed by atoms with E-state index < -0.39 is 0 Å². The Morgan fingerprint density at radius 1 is 1.47 bits per heavy atom. The molecule has 15 heavy (non-hydrogen) atoms. The summed E-state index contributed by atoms with van der Waals surface area (Å²) in [6, 6.07) is 3.58. The lowest BCUT2D eigenvalue weighted by molar-refractivity contribution is 0.311. The van der Waals surface area contributed by atoms with E-state index in [1.54, 1.807) is 6.07 Å². The fourth-order valence-corrected chi connectivity index (χ4v) is 1.51. The van der Waals surface area contributed by atoms with E-state index in [4.69, 9.17) is 16.7 Å². The number of hydrogen-bond acceptors (Lipinski definition) is 5. The Morgan fingerprint density at radius 2 is 2.27 bits per heavy atom. The highest BCUT2D eigenvalue weighted by atomic mass is 16.3. The van der Waals surface area contributed by atoms with Crippen LogP contribution in [0.15, 0.2) is 18.5 Å². The molecular weight excluding hydrogens is 194 g/mol. The van der Waals surface area contributed by atoms with E-state index in [1.165, 1.54) is 11.0 Å². The van der Waals surface area contributed by atoms with Gasteiger partial charge in [-0.05, 0) is 12.1 Å².